The van der Waals surface area contributed by atoms with E-state index in [1.54, 1.807) is 16.7 Å². The molecule has 1 saturated heterocycles. The lowest BCUT2D eigenvalue weighted by Crippen LogP contribution is -2.57. The van der Waals surface area contributed by atoms with Crippen LogP contribution >= 0.6 is 23.5 Å². The molecule has 1 aliphatic heterocycles. The highest BCUT2D eigenvalue weighted by molar-refractivity contribution is 8.13. The number of nitrogens with zero attached hydrogens (tertiary/aromatic N) is 3. The lowest BCUT2D eigenvalue weighted by molar-refractivity contribution is -0.134. The zero-order valence-electron chi connectivity index (χ0n) is 18.7. The Morgan fingerprint density at radius 3 is 2.39 bits per heavy atom. The number of nitrogens with one attached hydrogen (secondary N) is 1. The van der Waals surface area contributed by atoms with E-state index >= 15 is 0 Å². The van der Waals surface area contributed by atoms with E-state index in [9.17, 15) is 14.4 Å². The van der Waals surface area contributed by atoms with Crippen LogP contribution in [0.5, 0.6) is 0 Å². The average Bonchev–Trinajstić information content (AvgIpc) is 2.76. The van der Waals surface area contributed by atoms with E-state index in [2.05, 4.69) is 10.2 Å². The van der Waals surface area contributed by atoms with Crippen molar-refractivity contribution in [2.24, 2.45) is 0 Å². The van der Waals surface area contributed by atoms with E-state index in [-0.39, 0.29) is 17.1 Å². The van der Waals surface area contributed by atoms with Crippen molar-refractivity contribution < 1.29 is 14.4 Å². The summed E-state index contributed by atoms with van der Waals surface area (Å²) in [6.45, 7) is 5.57. The molecule has 1 aromatic carbocycles. The van der Waals surface area contributed by atoms with Crippen molar-refractivity contribution in [3.63, 3.8) is 0 Å². The van der Waals surface area contributed by atoms with Gasteiger partial charge in [0.1, 0.15) is 6.04 Å². The predicted molar refractivity (Wildman–Crippen MR) is 130 cm³/mol. The van der Waals surface area contributed by atoms with Crippen molar-refractivity contribution in [1.29, 1.82) is 0 Å². The molecular weight excluding hydrogens is 432 g/mol. The van der Waals surface area contributed by atoms with Crippen LogP contribution in [0.25, 0.3) is 0 Å². The second-order valence-electron chi connectivity index (χ2n) is 7.65. The number of piperazine rings is 1. The number of carbonyl (C=O) groups is 3. The van der Waals surface area contributed by atoms with Crippen molar-refractivity contribution in [1.82, 2.24) is 20.0 Å². The Hall–Kier alpha value is -1.71. The summed E-state index contributed by atoms with van der Waals surface area (Å²) in [5.41, 5.74) is 1.15. The second-order valence-corrected chi connectivity index (χ2v) is 9.83. The Morgan fingerprint density at radius 1 is 1.10 bits per heavy atom. The van der Waals surface area contributed by atoms with Gasteiger partial charge in [-0.05, 0) is 25.3 Å². The van der Waals surface area contributed by atoms with Gasteiger partial charge in [0.15, 0.2) is 5.12 Å². The van der Waals surface area contributed by atoms with Gasteiger partial charge in [0.2, 0.25) is 5.91 Å². The number of hydrogen-bond donors (Lipinski definition) is 1. The lowest BCUT2D eigenvalue weighted by Gasteiger charge is -2.35. The van der Waals surface area contributed by atoms with Crippen LogP contribution in [0.1, 0.15) is 12.5 Å². The van der Waals surface area contributed by atoms with Gasteiger partial charge in [0, 0.05) is 57.7 Å². The fraction of sp³-hybridized carbons (Fsp3) is 0.591. The fourth-order valence-corrected chi connectivity index (χ4v) is 4.51. The summed E-state index contributed by atoms with van der Waals surface area (Å²) in [6.07, 6.45) is 2.66. The Morgan fingerprint density at radius 2 is 1.77 bits per heavy atom. The summed E-state index contributed by atoms with van der Waals surface area (Å²) in [7, 11) is 2.05. The van der Waals surface area contributed by atoms with Gasteiger partial charge in [0.25, 0.3) is 0 Å². The Bertz CT molecular complexity index is 712. The maximum atomic E-state index is 13.1. The third kappa shape index (κ3) is 9.13. The van der Waals surface area contributed by atoms with Crippen LogP contribution in [0.2, 0.25) is 0 Å². The SMILES string of the molecule is CSC[C@H](NC(=O)N(CCSC(C)=O)CCc1ccccc1)C(=O)N1CCN(C)CC1. The summed E-state index contributed by atoms with van der Waals surface area (Å²) < 4.78 is 0. The second kappa shape index (κ2) is 13.6. The monoisotopic (exact) mass is 466 g/mol. The number of thioether (sulfide) groups is 2. The first-order chi connectivity index (χ1) is 14.9. The topological polar surface area (TPSA) is 73.0 Å². The zero-order valence-corrected chi connectivity index (χ0v) is 20.3. The van der Waals surface area contributed by atoms with E-state index in [4.69, 9.17) is 0 Å². The molecule has 0 saturated carbocycles. The molecule has 7 nitrogen and oxygen atoms in total. The molecular formula is C22H34N4O3S2. The van der Waals surface area contributed by atoms with E-state index in [0.717, 1.165) is 25.1 Å². The minimum atomic E-state index is -0.550. The first kappa shape index (κ1) is 25.5. The number of urea groups is 1. The molecule has 9 heteroatoms. The van der Waals surface area contributed by atoms with Gasteiger partial charge in [-0.2, -0.15) is 11.8 Å². The molecule has 1 atom stereocenters. The molecule has 1 aliphatic rings. The molecule has 0 aromatic heterocycles. The summed E-state index contributed by atoms with van der Waals surface area (Å²) >= 11 is 2.76. The fourth-order valence-electron chi connectivity index (χ4n) is 3.35. The first-order valence-corrected chi connectivity index (χ1v) is 13.0. The van der Waals surface area contributed by atoms with Crippen molar-refractivity contribution in [3.05, 3.63) is 35.9 Å². The number of likely N-dealkylation sites (N-methyl/N-ethyl adjacent to an activating group) is 1. The summed E-state index contributed by atoms with van der Waals surface area (Å²) in [5.74, 6) is 1.06. The molecule has 0 spiro atoms. The number of rotatable bonds is 10. The van der Waals surface area contributed by atoms with Gasteiger partial charge in [-0.1, -0.05) is 42.1 Å². The number of amides is 3. The molecule has 3 amide bonds. The highest BCUT2D eigenvalue weighted by Crippen LogP contribution is 2.09. The van der Waals surface area contributed by atoms with Gasteiger partial charge in [-0.15, -0.1) is 0 Å². The summed E-state index contributed by atoms with van der Waals surface area (Å²) in [4.78, 5) is 43.2. The van der Waals surface area contributed by atoms with E-state index in [0.29, 0.717) is 37.7 Å². The van der Waals surface area contributed by atoms with E-state index < -0.39 is 6.04 Å². The molecule has 1 heterocycles. The van der Waals surface area contributed by atoms with Crippen molar-refractivity contribution >= 4 is 40.6 Å². The minimum absolute atomic E-state index is 0.0167. The van der Waals surface area contributed by atoms with Crippen molar-refractivity contribution in [2.75, 3.05) is 64.1 Å². The molecule has 1 fully saturated rings. The number of benzene rings is 1. The molecule has 1 N–H and O–H groups in total. The van der Waals surface area contributed by atoms with Crippen LogP contribution in [0.3, 0.4) is 0 Å². The van der Waals surface area contributed by atoms with Crippen LogP contribution in [-0.2, 0) is 16.0 Å². The summed E-state index contributed by atoms with van der Waals surface area (Å²) in [6, 6.07) is 9.20. The lowest BCUT2D eigenvalue weighted by atomic mass is 10.1. The Balaban J connectivity index is 2.00. The van der Waals surface area contributed by atoms with Gasteiger partial charge in [-0.3, -0.25) is 9.59 Å². The summed E-state index contributed by atoms with van der Waals surface area (Å²) in [5, 5.41) is 3.00. The van der Waals surface area contributed by atoms with Crippen molar-refractivity contribution in [2.45, 2.75) is 19.4 Å². The van der Waals surface area contributed by atoms with Crippen LogP contribution in [0.15, 0.2) is 30.3 Å². The molecule has 0 unspecified atom stereocenters. The largest absolute Gasteiger partial charge is 0.338 e. The quantitative estimate of drug-likeness (QED) is 0.569. The minimum Gasteiger partial charge on any atom is -0.338 e. The van der Waals surface area contributed by atoms with Crippen LogP contribution < -0.4 is 5.32 Å². The predicted octanol–water partition coefficient (Wildman–Crippen LogP) is 2.03. The molecule has 0 radical (unpaired) electrons. The molecule has 1 aromatic rings. The zero-order chi connectivity index (χ0) is 22.6. The smallest absolute Gasteiger partial charge is 0.318 e. The average molecular weight is 467 g/mol. The maximum absolute atomic E-state index is 13.1. The van der Waals surface area contributed by atoms with Crippen molar-refractivity contribution in [3.8, 4) is 0 Å². The number of hydrogen-bond acceptors (Lipinski definition) is 6. The maximum Gasteiger partial charge on any atom is 0.318 e. The van der Waals surface area contributed by atoms with Gasteiger partial charge >= 0.3 is 6.03 Å². The van der Waals surface area contributed by atoms with Gasteiger partial charge in [0.05, 0.1) is 0 Å². The highest BCUT2D eigenvalue weighted by Gasteiger charge is 2.29. The van der Waals surface area contributed by atoms with Gasteiger partial charge in [-0.25, -0.2) is 4.79 Å². The van der Waals surface area contributed by atoms with E-state index in [1.165, 1.54) is 18.7 Å². The van der Waals surface area contributed by atoms with Crippen LogP contribution in [0, 0.1) is 0 Å². The third-order valence-electron chi connectivity index (χ3n) is 5.21. The number of carbonyl (C=O) groups excluding carboxylic acids is 3. The van der Waals surface area contributed by atoms with E-state index in [1.807, 2.05) is 48.5 Å². The van der Waals surface area contributed by atoms with Crippen LogP contribution in [0.4, 0.5) is 4.79 Å². The molecule has 172 valence electrons. The molecule has 0 bridgehead atoms. The first-order valence-electron chi connectivity index (χ1n) is 10.6. The van der Waals surface area contributed by atoms with Gasteiger partial charge < -0.3 is 20.0 Å². The Labute approximate surface area is 194 Å². The molecule has 0 aliphatic carbocycles. The Kier molecular flexibility index (Phi) is 11.2. The normalized spacial score (nSPS) is 15.4. The highest BCUT2D eigenvalue weighted by atomic mass is 32.2. The third-order valence-corrected chi connectivity index (χ3v) is 6.67. The molecule has 31 heavy (non-hydrogen) atoms. The molecule has 2 rings (SSSR count). The van der Waals surface area contributed by atoms with Crippen LogP contribution in [-0.4, -0.2) is 102 Å². The standard InChI is InChI=1S/C22H34N4O3S2/c1-18(27)31-16-15-26(10-9-19-7-5-4-6-8-19)22(29)23-20(17-30-3)21(28)25-13-11-24(2)12-14-25/h4-8,20H,9-17H2,1-3H3,(H,23,29)/t20-/m0/s1.